The van der Waals surface area contributed by atoms with E-state index >= 15 is 0 Å². The molecule has 154 valence electrons. The summed E-state index contributed by atoms with van der Waals surface area (Å²) in [5.41, 5.74) is 1.75. The number of carbonyl (C=O) groups excluding carboxylic acids is 1. The van der Waals surface area contributed by atoms with Gasteiger partial charge in [-0.1, -0.05) is 31.5 Å². The molecular weight excluding hydrogens is 420 g/mol. The molecule has 29 heavy (non-hydrogen) atoms. The predicted octanol–water partition coefficient (Wildman–Crippen LogP) is 2.73. The van der Waals surface area contributed by atoms with Crippen molar-refractivity contribution in [3.63, 3.8) is 0 Å². The number of imidazole rings is 1. The second kappa shape index (κ2) is 7.84. The summed E-state index contributed by atoms with van der Waals surface area (Å²) in [6.45, 7) is 5.61. The van der Waals surface area contributed by atoms with E-state index in [4.69, 9.17) is 16.3 Å². The van der Waals surface area contributed by atoms with Crippen molar-refractivity contribution >= 4 is 39.3 Å². The van der Waals surface area contributed by atoms with E-state index in [-0.39, 0.29) is 27.9 Å². The molecule has 0 saturated carbocycles. The molecule has 3 aromatic rings. The lowest BCUT2D eigenvalue weighted by atomic mass is 10.1. The minimum Gasteiger partial charge on any atom is -0.481 e. The van der Waals surface area contributed by atoms with E-state index in [0.717, 1.165) is 5.56 Å². The van der Waals surface area contributed by atoms with Crippen LogP contribution in [0.15, 0.2) is 29.4 Å². The number of methoxy groups -OCH3 is 1. The van der Waals surface area contributed by atoms with Gasteiger partial charge in [0.1, 0.15) is 5.65 Å². The number of nitrogens with one attached hydrogen (secondary N) is 2. The zero-order valence-electron chi connectivity index (χ0n) is 16.1. The zero-order valence-corrected chi connectivity index (χ0v) is 17.7. The zero-order chi connectivity index (χ0) is 21.3. The number of urea groups is 1. The maximum atomic E-state index is 12.8. The maximum Gasteiger partial charge on any atom is 0.335 e. The summed E-state index contributed by atoms with van der Waals surface area (Å²) in [4.78, 5) is 24.3. The summed E-state index contributed by atoms with van der Waals surface area (Å²) in [5, 5.41) is 1.68. The molecule has 2 N–H and O–H groups in total. The summed E-state index contributed by atoms with van der Waals surface area (Å²) in [6, 6.07) is 4.00. The first-order valence-corrected chi connectivity index (χ1v) is 10.4. The van der Waals surface area contributed by atoms with Crippen molar-refractivity contribution in [2.75, 3.05) is 12.4 Å². The third-order valence-corrected chi connectivity index (χ3v) is 5.70. The van der Waals surface area contributed by atoms with Gasteiger partial charge < -0.3 is 4.74 Å². The SMILES string of the molecule is COc1cc(C)nc(NC(=O)NS(=O)(=O)c2c(Cl)nc3ccc(C(C)C)cn23)n1. The van der Waals surface area contributed by atoms with Crippen LogP contribution in [0.1, 0.15) is 31.0 Å². The molecule has 0 aliphatic carbocycles. The number of aryl methyl sites for hydroxylation is 1. The Morgan fingerprint density at radius 3 is 2.62 bits per heavy atom. The molecule has 0 fully saturated rings. The van der Waals surface area contributed by atoms with E-state index in [1.165, 1.54) is 11.5 Å². The predicted molar refractivity (Wildman–Crippen MR) is 107 cm³/mol. The van der Waals surface area contributed by atoms with Crippen LogP contribution in [0, 0.1) is 6.92 Å². The Morgan fingerprint density at radius 2 is 1.97 bits per heavy atom. The first-order chi connectivity index (χ1) is 13.6. The Bertz CT molecular complexity index is 1190. The van der Waals surface area contributed by atoms with Crippen LogP contribution in [0.5, 0.6) is 5.88 Å². The van der Waals surface area contributed by atoms with Crippen molar-refractivity contribution in [2.24, 2.45) is 0 Å². The van der Waals surface area contributed by atoms with Gasteiger partial charge in [-0.05, 0) is 24.5 Å². The number of pyridine rings is 1. The minimum absolute atomic E-state index is 0.110. The van der Waals surface area contributed by atoms with Crippen LogP contribution in [-0.2, 0) is 10.0 Å². The van der Waals surface area contributed by atoms with Gasteiger partial charge in [0.05, 0.1) is 7.11 Å². The summed E-state index contributed by atoms with van der Waals surface area (Å²) in [6.07, 6.45) is 1.62. The number of ether oxygens (including phenoxy) is 1. The number of rotatable bonds is 5. The van der Waals surface area contributed by atoms with Crippen LogP contribution >= 0.6 is 11.6 Å². The number of nitrogens with zero attached hydrogens (tertiary/aromatic N) is 4. The normalized spacial score (nSPS) is 11.7. The number of aromatic nitrogens is 4. The fourth-order valence-electron chi connectivity index (χ4n) is 2.59. The average Bonchev–Trinajstić information content (AvgIpc) is 2.95. The van der Waals surface area contributed by atoms with Gasteiger partial charge in [-0.2, -0.15) is 13.4 Å². The van der Waals surface area contributed by atoms with E-state index in [1.54, 1.807) is 25.3 Å². The molecular formula is C17H19ClN6O4S. The van der Waals surface area contributed by atoms with E-state index in [1.807, 2.05) is 24.6 Å². The first kappa shape index (κ1) is 20.8. The number of sulfonamides is 1. The molecule has 3 aromatic heterocycles. The second-order valence-corrected chi connectivity index (χ2v) is 8.44. The molecule has 0 aromatic carbocycles. The van der Waals surface area contributed by atoms with E-state index in [2.05, 4.69) is 20.3 Å². The maximum absolute atomic E-state index is 12.8. The topological polar surface area (TPSA) is 128 Å². The largest absolute Gasteiger partial charge is 0.481 e. The molecule has 0 radical (unpaired) electrons. The quantitative estimate of drug-likeness (QED) is 0.626. The van der Waals surface area contributed by atoms with Gasteiger partial charge >= 0.3 is 6.03 Å². The van der Waals surface area contributed by atoms with E-state index in [0.29, 0.717) is 11.3 Å². The summed E-state index contributed by atoms with van der Waals surface area (Å²) < 4.78 is 33.9. The van der Waals surface area contributed by atoms with Crippen LogP contribution in [0.3, 0.4) is 0 Å². The van der Waals surface area contributed by atoms with Gasteiger partial charge in [-0.3, -0.25) is 9.72 Å². The molecule has 2 amide bonds. The van der Waals surface area contributed by atoms with Crippen molar-refractivity contribution in [1.29, 1.82) is 0 Å². The van der Waals surface area contributed by atoms with Crippen molar-refractivity contribution in [3.05, 3.63) is 40.8 Å². The van der Waals surface area contributed by atoms with Gasteiger partial charge in [0, 0.05) is 18.0 Å². The first-order valence-electron chi connectivity index (χ1n) is 8.51. The molecule has 12 heteroatoms. The number of hydrogen-bond donors (Lipinski definition) is 2. The van der Waals surface area contributed by atoms with Gasteiger partial charge in [0.25, 0.3) is 10.0 Å². The van der Waals surface area contributed by atoms with Crippen molar-refractivity contribution in [2.45, 2.75) is 31.7 Å². The third-order valence-electron chi connectivity index (χ3n) is 3.97. The lowest BCUT2D eigenvalue weighted by Gasteiger charge is -2.10. The van der Waals surface area contributed by atoms with E-state index < -0.39 is 16.1 Å². The van der Waals surface area contributed by atoms with Crippen LogP contribution in [0.25, 0.3) is 5.65 Å². The lowest BCUT2D eigenvalue weighted by Crippen LogP contribution is -2.35. The second-order valence-electron chi connectivity index (χ2n) is 6.49. The molecule has 3 heterocycles. The number of carbonyl (C=O) groups is 1. The van der Waals surface area contributed by atoms with Crippen LogP contribution in [0.2, 0.25) is 5.15 Å². The highest BCUT2D eigenvalue weighted by Gasteiger charge is 2.27. The molecule has 0 atom stereocenters. The molecule has 0 bridgehead atoms. The highest BCUT2D eigenvalue weighted by atomic mass is 35.5. The molecule has 3 rings (SSSR count). The molecule has 0 saturated heterocycles. The van der Waals surface area contributed by atoms with Crippen LogP contribution in [-0.4, -0.2) is 40.9 Å². The number of halogens is 1. The van der Waals surface area contributed by atoms with Crippen LogP contribution in [0.4, 0.5) is 10.7 Å². The number of amides is 2. The van der Waals surface area contributed by atoms with Crippen molar-refractivity contribution < 1.29 is 17.9 Å². The summed E-state index contributed by atoms with van der Waals surface area (Å²) in [7, 11) is -2.93. The van der Waals surface area contributed by atoms with Gasteiger partial charge in [-0.15, -0.1) is 0 Å². The molecule has 0 unspecified atom stereocenters. The highest BCUT2D eigenvalue weighted by molar-refractivity contribution is 7.90. The minimum atomic E-state index is -4.34. The number of hydrogen-bond acceptors (Lipinski definition) is 7. The third kappa shape index (κ3) is 4.40. The van der Waals surface area contributed by atoms with Crippen molar-refractivity contribution in [1.82, 2.24) is 24.1 Å². The lowest BCUT2D eigenvalue weighted by molar-refractivity contribution is 0.256. The standard InChI is InChI=1S/C17H19ClN6O4S/c1-9(2)11-5-6-12-20-14(18)15(24(12)8-11)29(26,27)23-17(25)22-16-19-10(3)7-13(21-16)28-4/h5-9H,1-4H3,(H2,19,21,22,23,25). The summed E-state index contributed by atoms with van der Waals surface area (Å²) >= 11 is 6.06. The van der Waals surface area contributed by atoms with Gasteiger partial charge in [0.15, 0.2) is 10.2 Å². The fraction of sp³-hybridized carbons (Fsp3) is 0.294. The molecule has 0 spiro atoms. The summed E-state index contributed by atoms with van der Waals surface area (Å²) in [5.74, 6) is 0.267. The fourth-order valence-corrected chi connectivity index (χ4v) is 4.14. The van der Waals surface area contributed by atoms with Crippen molar-refractivity contribution in [3.8, 4) is 5.88 Å². The molecule has 10 nitrogen and oxygen atoms in total. The Balaban J connectivity index is 1.91. The Morgan fingerprint density at radius 1 is 1.24 bits per heavy atom. The Labute approximate surface area is 172 Å². The molecule has 0 aliphatic rings. The van der Waals surface area contributed by atoms with Gasteiger partial charge in [-0.25, -0.2) is 19.5 Å². The number of fused-ring (bicyclic) bond motifs is 1. The van der Waals surface area contributed by atoms with Gasteiger partial charge in [0.2, 0.25) is 11.8 Å². The Hall–Kier alpha value is -2.92. The average molecular weight is 439 g/mol. The smallest absolute Gasteiger partial charge is 0.335 e. The molecule has 0 aliphatic heterocycles. The van der Waals surface area contributed by atoms with Crippen LogP contribution < -0.4 is 14.8 Å². The Kier molecular flexibility index (Phi) is 5.62. The number of anilines is 1. The van der Waals surface area contributed by atoms with E-state index in [9.17, 15) is 13.2 Å². The highest BCUT2D eigenvalue weighted by Crippen LogP contribution is 2.25. The monoisotopic (exact) mass is 438 g/mol.